The van der Waals surface area contributed by atoms with Crippen LogP contribution >= 0.6 is 12.2 Å². The highest BCUT2D eigenvalue weighted by Gasteiger charge is 2.17. The number of thiocarbonyl (C=S) groups is 1. The summed E-state index contributed by atoms with van der Waals surface area (Å²) in [7, 11) is -3.69. The summed E-state index contributed by atoms with van der Waals surface area (Å²) in [5, 5.41) is 3.48. The number of hydrogen-bond acceptors (Lipinski definition) is 4. The first kappa shape index (κ1) is 19.4. The van der Waals surface area contributed by atoms with Gasteiger partial charge in [0.15, 0.2) is 5.11 Å². The average molecular weight is 383 g/mol. The van der Waals surface area contributed by atoms with E-state index in [0.29, 0.717) is 11.2 Å². The number of rotatable bonds is 6. The molecule has 1 aliphatic carbocycles. The summed E-state index contributed by atoms with van der Waals surface area (Å²) in [5.41, 5.74) is 5.32. The van der Waals surface area contributed by atoms with Crippen molar-refractivity contribution in [2.24, 2.45) is 0 Å². The third-order valence-electron chi connectivity index (χ3n) is 3.80. The minimum atomic E-state index is -3.69. The predicted octanol–water partition coefficient (Wildman–Crippen LogP) is 1.20. The zero-order chi connectivity index (χ0) is 18.3. The van der Waals surface area contributed by atoms with E-state index >= 15 is 0 Å². The number of benzene rings is 1. The van der Waals surface area contributed by atoms with Crippen molar-refractivity contribution in [2.75, 3.05) is 6.54 Å². The molecule has 0 saturated heterocycles. The molecule has 0 unspecified atom stereocenters. The van der Waals surface area contributed by atoms with Crippen molar-refractivity contribution in [1.29, 1.82) is 0 Å². The summed E-state index contributed by atoms with van der Waals surface area (Å²) in [5.74, 6) is -0.476. The van der Waals surface area contributed by atoms with Crippen molar-refractivity contribution in [1.82, 2.24) is 20.9 Å². The Bertz CT molecular complexity index is 744. The molecule has 1 fully saturated rings. The van der Waals surface area contributed by atoms with Crippen LogP contribution in [0.3, 0.4) is 0 Å². The molecule has 0 aromatic heterocycles. The molecule has 25 heavy (non-hydrogen) atoms. The van der Waals surface area contributed by atoms with E-state index < -0.39 is 15.9 Å². The monoisotopic (exact) mass is 382 g/mol. The molecule has 0 atom stereocenters. The van der Waals surface area contributed by atoms with Crippen LogP contribution < -0.4 is 20.9 Å². The summed E-state index contributed by atoms with van der Waals surface area (Å²) >= 11 is 5.14. The van der Waals surface area contributed by atoms with Crippen molar-refractivity contribution >= 4 is 33.3 Å². The van der Waals surface area contributed by atoms with E-state index in [1.807, 2.05) is 0 Å². The first-order chi connectivity index (χ1) is 11.9. The minimum Gasteiger partial charge on any atom is -0.359 e. The lowest BCUT2D eigenvalue weighted by Gasteiger charge is -2.16. The van der Waals surface area contributed by atoms with Crippen LogP contribution in [0.25, 0.3) is 0 Å². The SMILES string of the molecule is C=CCNS(=O)(=O)c1cccc(C(=O)NNC(=S)NC2CCCC2)c1. The maximum Gasteiger partial charge on any atom is 0.269 e. The maximum atomic E-state index is 12.2. The quantitative estimate of drug-likeness (QED) is 0.335. The van der Waals surface area contributed by atoms with Crippen molar-refractivity contribution in [2.45, 2.75) is 36.6 Å². The predicted molar refractivity (Wildman–Crippen MR) is 100 cm³/mol. The first-order valence-corrected chi connectivity index (χ1v) is 9.89. The second-order valence-electron chi connectivity index (χ2n) is 5.70. The number of carbonyl (C=O) groups excluding carboxylic acids is 1. The molecular formula is C16H22N4O3S2. The Labute approximate surface area is 153 Å². The van der Waals surface area contributed by atoms with E-state index in [-0.39, 0.29) is 17.0 Å². The first-order valence-electron chi connectivity index (χ1n) is 8.00. The maximum absolute atomic E-state index is 12.2. The Morgan fingerprint density at radius 2 is 2.00 bits per heavy atom. The van der Waals surface area contributed by atoms with Gasteiger partial charge in [-0.3, -0.25) is 15.6 Å². The van der Waals surface area contributed by atoms with Crippen LogP contribution in [-0.2, 0) is 10.0 Å². The normalized spacial score (nSPS) is 14.7. The summed E-state index contributed by atoms with van der Waals surface area (Å²) in [4.78, 5) is 12.2. The van der Waals surface area contributed by atoms with Crippen LogP contribution in [0.1, 0.15) is 36.0 Å². The van der Waals surface area contributed by atoms with E-state index in [9.17, 15) is 13.2 Å². The van der Waals surface area contributed by atoms with Gasteiger partial charge in [-0.1, -0.05) is 25.0 Å². The van der Waals surface area contributed by atoms with E-state index in [1.54, 1.807) is 0 Å². The van der Waals surface area contributed by atoms with Gasteiger partial charge in [0.05, 0.1) is 4.90 Å². The van der Waals surface area contributed by atoms with Gasteiger partial charge in [-0.15, -0.1) is 6.58 Å². The molecule has 0 aliphatic heterocycles. The number of amides is 1. The summed E-state index contributed by atoms with van der Waals surface area (Å²) < 4.78 is 26.5. The lowest BCUT2D eigenvalue weighted by atomic mass is 10.2. The van der Waals surface area contributed by atoms with Gasteiger partial charge in [0.25, 0.3) is 5.91 Å². The second-order valence-corrected chi connectivity index (χ2v) is 7.88. The molecule has 9 heteroatoms. The smallest absolute Gasteiger partial charge is 0.269 e. The Kier molecular flexibility index (Phi) is 6.91. The minimum absolute atomic E-state index is 0.00802. The Balaban J connectivity index is 1.94. The third-order valence-corrected chi connectivity index (χ3v) is 5.45. The van der Waals surface area contributed by atoms with Gasteiger partial charge in [0.1, 0.15) is 0 Å². The van der Waals surface area contributed by atoms with Gasteiger partial charge >= 0.3 is 0 Å². The molecule has 136 valence electrons. The number of nitrogens with one attached hydrogen (secondary N) is 4. The highest BCUT2D eigenvalue weighted by atomic mass is 32.2. The Hall–Kier alpha value is -1.97. The molecule has 1 saturated carbocycles. The molecule has 2 rings (SSSR count). The molecule has 4 N–H and O–H groups in total. The van der Waals surface area contributed by atoms with Gasteiger partial charge in [-0.05, 0) is 43.3 Å². The standard InChI is InChI=1S/C16H22N4O3S2/c1-2-10-17-25(22,23)14-9-5-6-12(11-14)15(21)19-20-16(24)18-13-7-3-4-8-13/h2,5-6,9,11,13,17H,1,3-4,7-8,10H2,(H,19,21)(H2,18,20,24). The Morgan fingerprint density at radius 1 is 1.28 bits per heavy atom. The Morgan fingerprint density at radius 3 is 2.68 bits per heavy atom. The molecule has 1 aliphatic rings. The fourth-order valence-corrected chi connectivity index (χ4v) is 3.80. The van der Waals surface area contributed by atoms with Crippen LogP contribution in [-0.4, -0.2) is 32.0 Å². The molecule has 1 amide bonds. The zero-order valence-electron chi connectivity index (χ0n) is 13.7. The molecule has 1 aromatic rings. The lowest BCUT2D eigenvalue weighted by molar-refractivity contribution is 0.0943. The van der Waals surface area contributed by atoms with Crippen molar-refractivity contribution < 1.29 is 13.2 Å². The van der Waals surface area contributed by atoms with Gasteiger partial charge in [-0.25, -0.2) is 13.1 Å². The second kappa shape index (κ2) is 8.93. The topological polar surface area (TPSA) is 99.3 Å². The van der Waals surface area contributed by atoms with E-state index in [4.69, 9.17) is 12.2 Å². The molecule has 0 heterocycles. The molecular weight excluding hydrogens is 360 g/mol. The van der Waals surface area contributed by atoms with Gasteiger partial charge in [0, 0.05) is 18.2 Å². The number of hydrazine groups is 1. The van der Waals surface area contributed by atoms with E-state index in [1.165, 1.54) is 43.2 Å². The highest BCUT2D eigenvalue weighted by molar-refractivity contribution is 7.89. The summed E-state index contributed by atoms with van der Waals surface area (Å²) in [6.45, 7) is 3.58. The largest absolute Gasteiger partial charge is 0.359 e. The molecule has 0 bridgehead atoms. The summed E-state index contributed by atoms with van der Waals surface area (Å²) in [6, 6.07) is 6.09. The van der Waals surface area contributed by atoms with Crippen LogP contribution in [0.2, 0.25) is 0 Å². The average Bonchev–Trinajstić information content (AvgIpc) is 3.11. The van der Waals surface area contributed by atoms with Gasteiger partial charge in [0.2, 0.25) is 10.0 Å². The molecule has 0 spiro atoms. The lowest BCUT2D eigenvalue weighted by Crippen LogP contribution is -2.49. The fraction of sp³-hybridized carbons (Fsp3) is 0.375. The summed E-state index contributed by atoms with van der Waals surface area (Å²) in [6.07, 6.45) is 5.92. The number of sulfonamides is 1. The fourth-order valence-electron chi connectivity index (χ4n) is 2.53. The molecule has 7 nitrogen and oxygen atoms in total. The molecule has 1 aromatic carbocycles. The van der Waals surface area contributed by atoms with Crippen LogP contribution in [0, 0.1) is 0 Å². The van der Waals surface area contributed by atoms with Crippen molar-refractivity contribution in [3.63, 3.8) is 0 Å². The van der Waals surface area contributed by atoms with Crippen LogP contribution in [0.5, 0.6) is 0 Å². The number of hydrogen-bond donors (Lipinski definition) is 4. The van der Waals surface area contributed by atoms with Gasteiger partial charge in [-0.2, -0.15) is 0 Å². The van der Waals surface area contributed by atoms with Crippen LogP contribution in [0.15, 0.2) is 41.8 Å². The van der Waals surface area contributed by atoms with E-state index in [0.717, 1.165) is 12.8 Å². The van der Waals surface area contributed by atoms with Crippen LogP contribution in [0.4, 0.5) is 0 Å². The van der Waals surface area contributed by atoms with Crippen molar-refractivity contribution in [3.05, 3.63) is 42.5 Å². The third kappa shape index (κ3) is 5.80. The zero-order valence-corrected chi connectivity index (χ0v) is 15.4. The van der Waals surface area contributed by atoms with Crippen molar-refractivity contribution in [3.8, 4) is 0 Å². The number of carbonyl (C=O) groups is 1. The van der Waals surface area contributed by atoms with E-state index in [2.05, 4.69) is 27.5 Å². The highest BCUT2D eigenvalue weighted by Crippen LogP contribution is 2.17. The molecule has 0 radical (unpaired) electrons. The van der Waals surface area contributed by atoms with Gasteiger partial charge < -0.3 is 5.32 Å².